The van der Waals surface area contributed by atoms with Crippen LogP contribution in [0, 0.1) is 0 Å². The third kappa shape index (κ3) is 2.74. The smallest absolute Gasteiger partial charge is 0.0230 e. The second-order valence-electron chi connectivity index (χ2n) is 3.64. The zero-order chi connectivity index (χ0) is 9.80. The van der Waals surface area contributed by atoms with Crippen LogP contribution in [0.15, 0.2) is 35.2 Å². The summed E-state index contributed by atoms with van der Waals surface area (Å²) < 4.78 is 2.44. The lowest BCUT2D eigenvalue weighted by molar-refractivity contribution is 0.233. The van der Waals surface area contributed by atoms with E-state index < -0.39 is 0 Å². The van der Waals surface area contributed by atoms with Gasteiger partial charge in [0.1, 0.15) is 0 Å². The minimum Gasteiger partial charge on any atom is -0.304 e. The SMILES string of the molecule is CN1CCN(Sc2ccccc2)CC1. The molecule has 1 aliphatic rings. The molecule has 76 valence electrons. The molecule has 1 aromatic rings. The van der Waals surface area contributed by atoms with E-state index in [1.807, 2.05) is 11.9 Å². The van der Waals surface area contributed by atoms with Crippen LogP contribution in [-0.2, 0) is 0 Å². The molecule has 0 N–H and O–H groups in total. The van der Waals surface area contributed by atoms with Crippen LogP contribution in [-0.4, -0.2) is 42.4 Å². The summed E-state index contributed by atoms with van der Waals surface area (Å²) in [6, 6.07) is 10.6. The first-order valence-electron chi connectivity index (χ1n) is 5.01. The summed E-state index contributed by atoms with van der Waals surface area (Å²) >= 11 is 1.87. The molecule has 0 atom stereocenters. The van der Waals surface area contributed by atoms with Crippen molar-refractivity contribution < 1.29 is 0 Å². The lowest BCUT2D eigenvalue weighted by Crippen LogP contribution is -2.40. The molecule has 1 heterocycles. The molecule has 1 fully saturated rings. The van der Waals surface area contributed by atoms with Crippen molar-refractivity contribution in [2.24, 2.45) is 0 Å². The molecular weight excluding hydrogens is 192 g/mol. The zero-order valence-corrected chi connectivity index (χ0v) is 9.33. The van der Waals surface area contributed by atoms with E-state index in [2.05, 4.69) is 46.6 Å². The van der Waals surface area contributed by atoms with Crippen LogP contribution in [0.2, 0.25) is 0 Å². The Morgan fingerprint density at radius 1 is 1.00 bits per heavy atom. The number of hydrogen-bond donors (Lipinski definition) is 0. The average molecular weight is 208 g/mol. The van der Waals surface area contributed by atoms with Crippen molar-refractivity contribution in [1.82, 2.24) is 9.21 Å². The topological polar surface area (TPSA) is 6.48 Å². The predicted octanol–water partition coefficient (Wildman–Crippen LogP) is 1.94. The Hall–Kier alpha value is -0.510. The van der Waals surface area contributed by atoms with Crippen molar-refractivity contribution in [2.75, 3.05) is 33.2 Å². The van der Waals surface area contributed by atoms with Crippen LogP contribution in [0.3, 0.4) is 0 Å². The zero-order valence-electron chi connectivity index (χ0n) is 8.52. The molecule has 1 saturated heterocycles. The monoisotopic (exact) mass is 208 g/mol. The van der Waals surface area contributed by atoms with E-state index in [0.717, 1.165) is 13.1 Å². The molecule has 0 aliphatic carbocycles. The molecule has 0 bridgehead atoms. The van der Waals surface area contributed by atoms with E-state index in [-0.39, 0.29) is 0 Å². The Bertz CT molecular complexity index is 268. The molecule has 0 aromatic heterocycles. The highest BCUT2D eigenvalue weighted by molar-refractivity contribution is 7.97. The molecule has 2 rings (SSSR count). The van der Waals surface area contributed by atoms with E-state index in [9.17, 15) is 0 Å². The number of nitrogens with zero attached hydrogens (tertiary/aromatic N) is 2. The molecule has 2 nitrogen and oxygen atoms in total. The van der Waals surface area contributed by atoms with E-state index in [4.69, 9.17) is 0 Å². The van der Waals surface area contributed by atoms with Crippen LogP contribution < -0.4 is 0 Å². The normalized spacial score (nSPS) is 19.8. The van der Waals surface area contributed by atoms with Crippen LogP contribution in [0.25, 0.3) is 0 Å². The van der Waals surface area contributed by atoms with Crippen LogP contribution in [0.4, 0.5) is 0 Å². The van der Waals surface area contributed by atoms with Gasteiger partial charge in [0.15, 0.2) is 0 Å². The summed E-state index contributed by atoms with van der Waals surface area (Å²) in [5, 5.41) is 0. The Morgan fingerprint density at radius 2 is 1.64 bits per heavy atom. The molecule has 1 aromatic carbocycles. The fourth-order valence-electron chi connectivity index (χ4n) is 1.51. The van der Waals surface area contributed by atoms with E-state index in [1.54, 1.807) is 0 Å². The molecule has 0 spiro atoms. The van der Waals surface area contributed by atoms with Gasteiger partial charge in [-0.2, -0.15) is 0 Å². The Labute approximate surface area is 90.0 Å². The molecule has 0 unspecified atom stereocenters. The second kappa shape index (κ2) is 4.82. The van der Waals surface area contributed by atoms with Gasteiger partial charge in [-0.15, -0.1) is 0 Å². The second-order valence-corrected chi connectivity index (χ2v) is 4.81. The maximum atomic E-state index is 2.44. The van der Waals surface area contributed by atoms with Crippen LogP contribution in [0.5, 0.6) is 0 Å². The van der Waals surface area contributed by atoms with Gasteiger partial charge in [-0.1, -0.05) is 18.2 Å². The van der Waals surface area contributed by atoms with Gasteiger partial charge in [0.2, 0.25) is 0 Å². The third-order valence-electron chi connectivity index (χ3n) is 2.44. The highest BCUT2D eigenvalue weighted by Gasteiger charge is 2.14. The van der Waals surface area contributed by atoms with Crippen LogP contribution in [0.1, 0.15) is 0 Å². The minimum absolute atomic E-state index is 1.16. The van der Waals surface area contributed by atoms with Crippen molar-refractivity contribution in [2.45, 2.75) is 4.90 Å². The van der Waals surface area contributed by atoms with E-state index >= 15 is 0 Å². The average Bonchev–Trinajstić information content (AvgIpc) is 2.23. The summed E-state index contributed by atoms with van der Waals surface area (Å²) in [5.74, 6) is 0. The Balaban J connectivity index is 1.87. The van der Waals surface area contributed by atoms with Gasteiger partial charge in [-0.25, -0.2) is 4.31 Å². The predicted molar refractivity (Wildman–Crippen MR) is 61.4 cm³/mol. The summed E-state index contributed by atoms with van der Waals surface area (Å²) in [6.07, 6.45) is 0. The van der Waals surface area contributed by atoms with Gasteiger partial charge in [0.25, 0.3) is 0 Å². The summed E-state index contributed by atoms with van der Waals surface area (Å²) in [7, 11) is 2.19. The minimum atomic E-state index is 1.16. The summed E-state index contributed by atoms with van der Waals surface area (Å²) in [4.78, 5) is 3.72. The number of hydrogen-bond acceptors (Lipinski definition) is 3. The maximum absolute atomic E-state index is 2.44. The molecular formula is C11H16N2S. The fourth-order valence-corrected chi connectivity index (χ4v) is 2.43. The third-order valence-corrected chi connectivity index (χ3v) is 3.55. The molecule has 14 heavy (non-hydrogen) atoms. The number of rotatable bonds is 2. The fraction of sp³-hybridized carbons (Fsp3) is 0.455. The van der Waals surface area contributed by atoms with E-state index in [1.165, 1.54) is 18.0 Å². The van der Waals surface area contributed by atoms with Crippen molar-refractivity contribution in [3.8, 4) is 0 Å². The first-order valence-corrected chi connectivity index (χ1v) is 5.78. The first-order chi connectivity index (χ1) is 6.84. The van der Waals surface area contributed by atoms with Gasteiger partial charge in [0.05, 0.1) is 0 Å². The highest BCUT2D eigenvalue weighted by atomic mass is 32.2. The molecule has 3 heteroatoms. The van der Waals surface area contributed by atoms with Crippen molar-refractivity contribution >= 4 is 11.9 Å². The van der Waals surface area contributed by atoms with Crippen molar-refractivity contribution in [3.05, 3.63) is 30.3 Å². The van der Waals surface area contributed by atoms with Gasteiger partial charge in [-0.3, -0.25) is 0 Å². The Kier molecular flexibility index (Phi) is 3.45. The van der Waals surface area contributed by atoms with Crippen LogP contribution >= 0.6 is 11.9 Å². The number of benzene rings is 1. The molecule has 0 radical (unpaired) electrons. The quantitative estimate of drug-likeness (QED) is 0.686. The van der Waals surface area contributed by atoms with Crippen molar-refractivity contribution in [3.63, 3.8) is 0 Å². The first kappa shape index (κ1) is 10.0. The number of likely N-dealkylation sites (N-methyl/N-ethyl adjacent to an activating group) is 1. The lowest BCUT2D eigenvalue weighted by Gasteiger charge is -2.31. The standard InChI is InChI=1S/C11H16N2S/c1-12-7-9-13(10-8-12)14-11-5-3-2-4-6-11/h2-6H,7-10H2,1H3. The summed E-state index contributed by atoms with van der Waals surface area (Å²) in [6.45, 7) is 4.69. The lowest BCUT2D eigenvalue weighted by atomic mass is 10.4. The maximum Gasteiger partial charge on any atom is 0.0230 e. The molecule has 0 amide bonds. The van der Waals surface area contributed by atoms with Gasteiger partial charge < -0.3 is 4.90 Å². The molecule has 0 saturated carbocycles. The van der Waals surface area contributed by atoms with E-state index in [0.29, 0.717) is 0 Å². The number of piperazine rings is 1. The highest BCUT2D eigenvalue weighted by Crippen LogP contribution is 2.22. The largest absolute Gasteiger partial charge is 0.304 e. The van der Waals surface area contributed by atoms with Gasteiger partial charge in [-0.05, 0) is 31.1 Å². The Morgan fingerprint density at radius 3 is 2.29 bits per heavy atom. The molecule has 1 aliphatic heterocycles. The van der Waals surface area contributed by atoms with Gasteiger partial charge in [0, 0.05) is 31.1 Å². The summed E-state index contributed by atoms with van der Waals surface area (Å²) in [5.41, 5.74) is 0. The van der Waals surface area contributed by atoms with Crippen molar-refractivity contribution in [1.29, 1.82) is 0 Å². The van der Waals surface area contributed by atoms with Gasteiger partial charge >= 0.3 is 0 Å².